The van der Waals surface area contributed by atoms with E-state index < -0.39 is 5.79 Å². The highest BCUT2D eigenvalue weighted by atomic mass is 16.6. The monoisotopic (exact) mass is 190 g/mol. The predicted octanol–water partition coefficient (Wildman–Crippen LogP) is 1.48. The highest BCUT2D eigenvalue weighted by Gasteiger charge is 2.46. The molecule has 2 bridgehead atoms. The van der Waals surface area contributed by atoms with Crippen molar-refractivity contribution in [2.24, 2.45) is 0 Å². The van der Waals surface area contributed by atoms with Crippen molar-refractivity contribution in [1.29, 1.82) is 0 Å². The van der Waals surface area contributed by atoms with Gasteiger partial charge in [-0.15, -0.1) is 0 Å². The number of ether oxygens (including phenoxy) is 2. The molecule has 3 rings (SSSR count). The number of hydrogen-bond donors (Lipinski definition) is 1. The fourth-order valence-corrected chi connectivity index (χ4v) is 2.13. The zero-order chi connectivity index (χ0) is 9.76. The Hall–Kier alpha value is -1.32. The van der Waals surface area contributed by atoms with Gasteiger partial charge in [-0.1, -0.05) is 12.1 Å². The molecule has 3 nitrogen and oxygen atoms in total. The molecule has 3 heteroatoms. The van der Waals surface area contributed by atoms with Crippen LogP contribution < -0.4 is 4.74 Å². The number of rotatable bonds is 1. The maximum absolute atomic E-state index is 10.0. The minimum Gasteiger partial charge on any atom is -0.496 e. The van der Waals surface area contributed by atoms with Crippen LogP contribution in [0.15, 0.2) is 30.4 Å². The van der Waals surface area contributed by atoms with Crippen molar-refractivity contribution in [2.45, 2.75) is 11.9 Å². The van der Waals surface area contributed by atoms with Crippen LogP contribution in [0.25, 0.3) is 0 Å². The third-order valence-corrected chi connectivity index (χ3v) is 2.76. The van der Waals surface area contributed by atoms with Gasteiger partial charge < -0.3 is 14.6 Å². The van der Waals surface area contributed by atoms with Crippen molar-refractivity contribution in [3.05, 3.63) is 41.5 Å². The molecule has 14 heavy (non-hydrogen) atoms. The first-order valence-electron chi connectivity index (χ1n) is 4.51. The maximum atomic E-state index is 10.0. The minimum atomic E-state index is -1.23. The summed E-state index contributed by atoms with van der Waals surface area (Å²) in [6.45, 7) is 0. The first kappa shape index (κ1) is 8.03. The summed E-state index contributed by atoms with van der Waals surface area (Å²) in [5.41, 5.74) is 1.74. The van der Waals surface area contributed by atoms with Gasteiger partial charge in [0, 0.05) is 11.1 Å². The fourth-order valence-electron chi connectivity index (χ4n) is 2.13. The smallest absolute Gasteiger partial charge is 0.214 e. The normalized spacial score (nSPS) is 32.0. The van der Waals surface area contributed by atoms with Gasteiger partial charge in [0.15, 0.2) is 0 Å². The number of hydrogen-bond acceptors (Lipinski definition) is 3. The maximum Gasteiger partial charge on any atom is 0.214 e. The molecule has 0 spiro atoms. The van der Waals surface area contributed by atoms with Gasteiger partial charge in [0.1, 0.15) is 11.9 Å². The molecule has 0 fully saturated rings. The van der Waals surface area contributed by atoms with E-state index in [0.29, 0.717) is 0 Å². The molecule has 0 amide bonds. The molecule has 0 radical (unpaired) electrons. The molecule has 1 N–H and O–H groups in total. The Labute approximate surface area is 81.6 Å². The second kappa shape index (κ2) is 2.38. The molecule has 2 atom stereocenters. The summed E-state index contributed by atoms with van der Waals surface area (Å²) in [4.78, 5) is 0. The van der Waals surface area contributed by atoms with Crippen molar-refractivity contribution in [3.63, 3.8) is 0 Å². The lowest BCUT2D eigenvalue weighted by atomic mass is 9.94. The Balaban J connectivity index is 2.27. The van der Waals surface area contributed by atoms with Crippen LogP contribution in [-0.2, 0) is 10.5 Å². The van der Waals surface area contributed by atoms with E-state index in [4.69, 9.17) is 9.47 Å². The van der Waals surface area contributed by atoms with E-state index in [0.717, 1.165) is 16.9 Å². The molecule has 72 valence electrons. The minimum absolute atomic E-state index is 0.161. The second-order valence-corrected chi connectivity index (χ2v) is 3.52. The lowest BCUT2D eigenvalue weighted by Crippen LogP contribution is -2.19. The summed E-state index contributed by atoms with van der Waals surface area (Å²) in [5, 5.41) is 10.0. The van der Waals surface area contributed by atoms with E-state index >= 15 is 0 Å². The Bertz CT molecular complexity index is 425. The largest absolute Gasteiger partial charge is 0.496 e. The Morgan fingerprint density at radius 2 is 2.36 bits per heavy atom. The van der Waals surface area contributed by atoms with Crippen LogP contribution in [0.2, 0.25) is 0 Å². The zero-order valence-corrected chi connectivity index (χ0v) is 7.73. The van der Waals surface area contributed by atoms with Crippen LogP contribution >= 0.6 is 0 Å². The van der Waals surface area contributed by atoms with Gasteiger partial charge in [0.05, 0.1) is 7.11 Å². The molecular formula is C11H10O3. The van der Waals surface area contributed by atoms with E-state index in [9.17, 15) is 5.11 Å². The molecule has 0 saturated heterocycles. The van der Waals surface area contributed by atoms with Gasteiger partial charge in [-0.2, -0.15) is 0 Å². The SMILES string of the molecule is COc1cccc2c1C1C=CC2(O)O1. The summed E-state index contributed by atoms with van der Waals surface area (Å²) < 4.78 is 10.7. The van der Waals surface area contributed by atoms with E-state index in [2.05, 4.69) is 0 Å². The van der Waals surface area contributed by atoms with Crippen molar-refractivity contribution < 1.29 is 14.6 Å². The molecule has 1 aromatic carbocycles. The zero-order valence-electron chi connectivity index (χ0n) is 7.73. The van der Waals surface area contributed by atoms with Crippen molar-refractivity contribution >= 4 is 0 Å². The van der Waals surface area contributed by atoms with E-state index in [1.807, 2.05) is 24.3 Å². The van der Waals surface area contributed by atoms with Crippen LogP contribution in [0.5, 0.6) is 5.75 Å². The molecule has 2 aliphatic heterocycles. The molecule has 0 saturated carbocycles. The van der Waals surface area contributed by atoms with Crippen molar-refractivity contribution in [3.8, 4) is 5.75 Å². The van der Waals surface area contributed by atoms with Gasteiger partial charge in [0.25, 0.3) is 0 Å². The first-order valence-corrected chi connectivity index (χ1v) is 4.51. The lowest BCUT2D eigenvalue weighted by Gasteiger charge is -2.16. The summed E-state index contributed by atoms with van der Waals surface area (Å²) >= 11 is 0. The lowest BCUT2D eigenvalue weighted by molar-refractivity contribution is -0.162. The third-order valence-electron chi connectivity index (χ3n) is 2.76. The number of aliphatic hydroxyl groups is 1. The highest BCUT2D eigenvalue weighted by Crippen LogP contribution is 2.51. The number of fused-ring (bicyclic) bond motifs is 5. The molecule has 2 aliphatic rings. The van der Waals surface area contributed by atoms with E-state index in [1.54, 1.807) is 13.2 Å². The van der Waals surface area contributed by atoms with E-state index in [1.165, 1.54) is 0 Å². The fraction of sp³-hybridized carbons (Fsp3) is 0.273. The van der Waals surface area contributed by atoms with Gasteiger partial charge in [-0.25, -0.2) is 0 Å². The molecule has 2 unspecified atom stereocenters. The average molecular weight is 190 g/mol. The standard InChI is InChI=1S/C11H10O3/c1-13-8-4-2-3-7-10(8)9-5-6-11(7,12)14-9/h2-6,9,12H,1H3. The molecule has 2 heterocycles. The van der Waals surface area contributed by atoms with Crippen molar-refractivity contribution in [1.82, 2.24) is 0 Å². The molecule has 0 aliphatic carbocycles. The van der Waals surface area contributed by atoms with Crippen molar-refractivity contribution in [2.75, 3.05) is 7.11 Å². The quantitative estimate of drug-likeness (QED) is 0.682. The number of methoxy groups -OCH3 is 1. The number of benzene rings is 1. The summed E-state index contributed by atoms with van der Waals surface area (Å²) in [6, 6.07) is 5.59. The van der Waals surface area contributed by atoms with Crippen LogP contribution in [0.4, 0.5) is 0 Å². The predicted molar refractivity (Wildman–Crippen MR) is 49.9 cm³/mol. The summed E-state index contributed by atoms with van der Waals surface area (Å²) in [6.07, 6.45) is 3.37. The Morgan fingerprint density at radius 3 is 3.14 bits per heavy atom. The van der Waals surface area contributed by atoms with Crippen LogP contribution in [0.3, 0.4) is 0 Å². The Morgan fingerprint density at radius 1 is 1.50 bits per heavy atom. The van der Waals surface area contributed by atoms with Crippen LogP contribution in [-0.4, -0.2) is 12.2 Å². The average Bonchev–Trinajstić information content (AvgIpc) is 2.72. The topological polar surface area (TPSA) is 38.7 Å². The van der Waals surface area contributed by atoms with E-state index in [-0.39, 0.29) is 6.10 Å². The second-order valence-electron chi connectivity index (χ2n) is 3.52. The molecule has 1 aromatic rings. The highest BCUT2D eigenvalue weighted by molar-refractivity contribution is 5.52. The first-order chi connectivity index (χ1) is 6.74. The Kier molecular flexibility index (Phi) is 1.36. The summed E-state index contributed by atoms with van der Waals surface area (Å²) in [5.74, 6) is -0.457. The van der Waals surface area contributed by atoms with Crippen LogP contribution in [0.1, 0.15) is 17.2 Å². The van der Waals surface area contributed by atoms with Gasteiger partial charge in [-0.3, -0.25) is 0 Å². The van der Waals surface area contributed by atoms with Gasteiger partial charge in [0.2, 0.25) is 5.79 Å². The summed E-state index contributed by atoms with van der Waals surface area (Å²) in [7, 11) is 1.62. The van der Waals surface area contributed by atoms with Crippen LogP contribution in [0, 0.1) is 0 Å². The van der Waals surface area contributed by atoms with Gasteiger partial charge >= 0.3 is 0 Å². The van der Waals surface area contributed by atoms with Gasteiger partial charge in [-0.05, 0) is 18.2 Å². The molecule has 0 aromatic heterocycles. The molecular weight excluding hydrogens is 180 g/mol. The third kappa shape index (κ3) is 0.786.